The van der Waals surface area contributed by atoms with Gasteiger partial charge in [-0.2, -0.15) is 5.10 Å². The first kappa shape index (κ1) is 23.3. The Bertz CT molecular complexity index is 1200. The highest BCUT2D eigenvalue weighted by atomic mass is 19.1. The molecule has 3 heterocycles. The highest BCUT2D eigenvalue weighted by Gasteiger charge is 2.48. The van der Waals surface area contributed by atoms with E-state index in [2.05, 4.69) is 10.4 Å². The molecule has 0 spiro atoms. The van der Waals surface area contributed by atoms with Gasteiger partial charge in [0, 0.05) is 17.7 Å². The first-order valence-corrected chi connectivity index (χ1v) is 12.4. The number of furan rings is 1. The zero-order chi connectivity index (χ0) is 24.4. The minimum Gasteiger partial charge on any atom is -0.463 e. The zero-order valence-corrected chi connectivity index (χ0v) is 20.0. The first-order valence-electron chi connectivity index (χ1n) is 12.4. The molecule has 1 fully saturated rings. The van der Waals surface area contributed by atoms with E-state index in [1.54, 1.807) is 54.3 Å². The molecule has 1 saturated carbocycles. The number of amides is 2. The Morgan fingerprint density at radius 3 is 2.60 bits per heavy atom. The third-order valence-corrected chi connectivity index (χ3v) is 7.29. The van der Waals surface area contributed by atoms with Crippen LogP contribution in [0.3, 0.4) is 0 Å². The van der Waals surface area contributed by atoms with Crippen LogP contribution >= 0.6 is 0 Å². The Kier molecular flexibility index (Phi) is 6.45. The molecule has 1 atom stereocenters. The van der Waals surface area contributed by atoms with Crippen LogP contribution in [0.4, 0.5) is 4.39 Å². The second-order valence-corrected chi connectivity index (χ2v) is 9.82. The first-order chi connectivity index (χ1) is 17.0. The fraction of sp³-hybridized carbons (Fsp3) is 0.444. The summed E-state index contributed by atoms with van der Waals surface area (Å²) in [5, 5.41) is 7.80. The molecule has 5 rings (SSSR count). The molecular weight excluding hydrogens is 447 g/mol. The normalized spacial score (nSPS) is 21.3. The average molecular weight is 479 g/mol. The van der Waals surface area contributed by atoms with E-state index in [-0.39, 0.29) is 30.9 Å². The lowest BCUT2D eigenvalue weighted by Gasteiger charge is -2.44. The van der Waals surface area contributed by atoms with Crippen molar-refractivity contribution in [3.63, 3.8) is 0 Å². The largest absolute Gasteiger partial charge is 0.463 e. The van der Waals surface area contributed by atoms with Crippen LogP contribution < -0.4 is 5.32 Å². The van der Waals surface area contributed by atoms with Crippen LogP contribution in [0.2, 0.25) is 0 Å². The van der Waals surface area contributed by atoms with E-state index in [4.69, 9.17) is 4.42 Å². The minimum absolute atomic E-state index is 0.0125. The molecule has 0 radical (unpaired) electrons. The number of rotatable bonds is 5. The van der Waals surface area contributed by atoms with Crippen molar-refractivity contribution in [3.8, 4) is 11.5 Å². The van der Waals surface area contributed by atoms with E-state index in [1.165, 1.54) is 30.2 Å². The van der Waals surface area contributed by atoms with E-state index in [9.17, 15) is 14.0 Å². The van der Waals surface area contributed by atoms with Crippen LogP contribution in [0, 0.1) is 5.82 Å². The van der Waals surface area contributed by atoms with Crippen molar-refractivity contribution < 1.29 is 18.4 Å². The molecule has 8 heteroatoms. The van der Waals surface area contributed by atoms with Gasteiger partial charge in [0.1, 0.15) is 22.7 Å². The molecule has 2 amide bonds. The maximum atomic E-state index is 14.6. The van der Waals surface area contributed by atoms with Gasteiger partial charge in [-0.25, -0.2) is 4.39 Å². The van der Waals surface area contributed by atoms with Crippen molar-refractivity contribution >= 4 is 11.8 Å². The minimum atomic E-state index is -1.23. The Morgan fingerprint density at radius 2 is 1.89 bits per heavy atom. The summed E-state index contributed by atoms with van der Waals surface area (Å²) in [6, 6.07) is 11.6. The van der Waals surface area contributed by atoms with Crippen molar-refractivity contribution in [1.29, 1.82) is 0 Å². The quantitative estimate of drug-likeness (QED) is 0.564. The van der Waals surface area contributed by atoms with Crippen molar-refractivity contribution in [2.24, 2.45) is 0 Å². The number of nitrogens with one attached hydrogen (secondary N) is 1. The maximum absolute atomic E-state index is 14.6. The van der Waals surface area contributed by atoms with Gasteiger partial charge in [0.25, 0.3) is 5.91 Å². The molecule has 1 aliphatic carbocycles. The summed E-state index contributed by atoms with van der Waals surface area (Å²) in [6.07, 6.45) is 9.15. The molecular formula is C27H31FN4O3. The van der Waals surface area contributed by atoms with E-state index in [1.807, 2.05) is 0 Å². The second kappa shape index (κ2) is 9.68. The maximum Gasteiger partial charge on any atom is 0.273 e. The van der Waals surface area contributed by atoms with Gasteiger partial charge in [-0.05, 0) is 38.0 Å². The van der Waals surface area contributed by atoms with Gasteiger partial charge in [-0.3, -0.25) is 14.3 Å². The predicted molar refractivity (Wildman–Crippen MR) is 129 cm³/mol. The standard InChI is InChI=1S/C27H31FN4O3/c1-27(26(34)29-20-11-5-3-2-4-6-12-20)18-32-23(16-22(30-32)24-14-9-15-35-24)25(33)31(27)17-19-10-7-8-13-21(19)28/h7-10,13-16,20H,2-6,11-12,17-18H2,1H3,(H,29,34). The molecule has 3 aromatic rings. The lowest BCUT2D eigenvalue weighted by Crippen LogP contribution is -2.64. The number of carbonyl (C=O) groups excluding carboxylic acids is 2. The number of aromatic nitrogens is 2. The summed E-state index contributed by atoms with van der Waals surface area (Å²) in [6.45, 7) is 1.91. The Hall–Kier alpha value is -3.42. The summed E-state index contributed by atoms with van der Waals surface area (Å²) in [5.74, 6) is -0.451. The number of halogens is 1. The van der Waals surface area contributed by atoms with Crippen molar-refractivity contribution in [2.45, 2.75) is 76.5 Å². The van der Waals surface area contributed by atoms with Gasteiger partial charge < -0.3 is 14.6 Å². The molecule has 184 valence electrons. The highest BCUT2D eigenvalue weighted by molar-refractivity contribution is 6.00. The molecule has 1 aliphatic heterocycles. The molecule has 2 aliphatic rings. The van der Waals surface area contributed by atoms with Crippen LogP contribution in [-0.4, -0.2) is 38.1 Å². The molecule has 7 nitrogen and oxygen atoms in total. The van der Waals surface area contributed by atoms with Crippen LogP contribution in [0.15, 0.2) is 53.1 Å². The predicted octanol–water partition coefficient (Wildman–Crippen LogP) is 4.93. The van der Waals surface area contributed by atoms with Crippen molar-refractivity contribution in [3.05, 3.63) is 65.8 Å². The third-order valence-electron chi connectivity index (χ3n) is 7.29. The summed E-state index contributed by atoms with van der Waals surface area (Å²) >= 11 is 0. The Morgan fingerprint density at radius 1 is 1.14 bits per heavy atom. The smallest absolute Gasteiger partial charge is 0.273 e. The van der Waals surface area contributed by atoms with E-state index in [0.717, 1.165) is 25.7 Å². The van der Waals surface area contributed by atoms with E-state index in [0.29, 0.717) is 22.7 Å². The van der Waals surface area contributed by atoms with Gasteiger partial charge in [-0.15, -0.1) is 0 Å². The molecule has 0 bridgehead atoms. The number of fused-ring (bicyclic) bond motifs is 1. The number of hydrogen-bond acceptors (Lipinski definition) is 4. The Labute approximate surface area is 204 Å². The zero-order valence-electron chi connectivity index (χ0n) is 20.0. The second-order valence-electron chi connectivity index (χ2n) is 9.82. The van der Waals surface area contributed by atoms with Crippen LogP contribution in [0.25, 0.3) is 11.5 Å². The number of nitrogens with zero attached hydrogens (tertiary/aromatic N) is 3. The molecule has 35 heavy (non-hydrogen) atoms. The molecule has 1 N–H and O–H groups in total. The number of carbonyl (C=O) groups is 2. The van der Waals surface area contributed by atoms with E-state index < -0.39 is 11.4 Å². The topological polar surface area (TPSA) is 80.4 Å². The fourth-order valence-electron chi connectivity index (χ4n) is 5.17. The summed E-state index contributed by atoms with van der Waals surface area (Å²) in [5.41, 5.74) is 0.00385. The Balaban J connectivity index is 1.49. The summed E-state index contributed by atoms with van der Waals surface area (Å²) in [4.78, 5) is 29.1. The van der Waals surface area contributed by atoms with Crippen LogP contribution in [0.5, 0.6) is 0 Å². The van der Waals surface area contributed by atoms with Crippen molar-refractivity contribution in [1.82, 2.24) is 20.0 Å². The third kappa shape index (κ3) is 4.61. The van der Waals surface area contributed by atoms with Crippen LogP contribution in [0.1, 0.15) is 67.9 Å². The van der Waals surface area contributed by atoms with Gasteiger partial charge >= 0.3 is 0 Å². The molecule has 1 unspecified atom stereocenters. The monoisotopic (exact) mass is 478 g/mol. The van der Waals surface area contributed by atoms with Gasteiger partial charge in [-0.1, -0.05) is 50.3 Å². The SMILES string of the molecule is CC1(C(=O)NC2CCCCCCC2)Cn2nc(-c3ccco3)cc2C(=O)N1Cc1ccccc1F. The van der Waals surface area contributed by atoms with E-state index >= 15 is 0 Å². The van der Waals surface area contributed by atoms with Crippen LogP contribution in [-0.2, 0) is 17.9 Å². The summed E-state index contributed by atoms with van der Waals surface area (Å²) < 4.78 is 21.6. The van der Waals surface area contributed by atoms with Crippen molar-refractivity contribution in [2.75, 3.05) is 0 Å². The molecule has 1 aromatic carbocycles. The lowest BCUT2D eigenvalue weighted by atomic mass is 9.91. The van der Waals surface area contributed by atoms with Gasteiger partial charge in [0.2, 0.25) is 5.91 Å². The average Bonchev–Trinajstić information content (AvgIpc) is 3.49. The number of benzene rings is 1. The molecule has 2 aromatic heterocycles. The number of hydrogen-bond donors (Lipinski definition) is 1. The fourth-order valence-corrected chi connectivity index (χ4v) is 5.17. The lowest BCUT2D eigenvalue weighted by molar-refractivity contribution is -0.134. The summed E-state index contributed by atoms with van der Waals surface area (Å²) in [7, 11) is 0. The highest BCUT2D eigenvalue weighted by Crippen LogP contribution is 2.32. The van der Waals surface area contributed by atoms with Gasteiger partial charge in [0.15, 0.2) is 5.76 Å². The van der Waals surface area contributed by atoms with Gasteiger partial charge in [0.05, 0.1) is 19.4 Å². The molecule has 0 saturated heterocycles.